The molecule has 11 heteroatoms. The minimum atomic E-state index is -3.89. The van der Waals surface area contributed by atoms with E-state index in [1.165, 1.54) is 42.6 Å². The predicted octanol–water partition coefficient (Wildman–Crippen LogP) is 2.02. The Kier molecular flexibility index (Phi) is 5.82. The van der Waals surface area contributed by atoms with Crippen LogP contribution in [0, 0.1) is 11.2 Å². The lowest BCUT2D eigenvalue weighted by Crippen LogP contribution is -2.47. The van der Waals surface area contributed by atoms with E-state index >= 15 is 0 Å². The molecule has 2 aromatic rings. The lowest BCUT2D eigenvalue weighted by Gasteiger charge is -2.33. The van der Waals surface area contributed by atoms with Crippen LogP contribution >= 0.6 is 0 Å². The fraction of sp³-hybridized carbons (Fsp3) is 0.333. The summed E-state index contributed by atoms with van der Waals surface area (Å²) in [5.74, 6) is -0.210. The van der Waals surface area contributed by atoms with Gasteiger partial charge in [0.05, 0.1) is 13.3 Å². The molecule has 2 aliphatic rings. The molecule has 1 fully saturated rings. The summed E-state index contributed by atoms with van der Waals surface area (Å²) in [6, 6.07) is 9.27. The van der Waals surface area contributed by atoms with Crippen molar-refractivity contribution >= 4 is 34.7 Å². The zero-order valence-electron chi connectivity index (χ0n) is 18.2. The summed E-state index contributed by atoms with van der Waals surface area (Å²) in [6.45, 7) is 5.09. The number of methoxy groups -OCH3 is 1. The Morgan fingerprint density at radius 3 is 2.62 bits per heavy atom. The molecule has 2 aliphatic heterocycles. The van der Waals surface area contributed by atoms with Gasteiger partial charge in [-0.2, -0.15) is 13.5 Å². The molecule has 168 valence electrons. The fourth-order valence-corrected chi connectivity index (χ4v) is 4.64. The minimum Gasteiger partial charge on any atom is -0.494 e. The topological polar surface area (TPSA) is 89.8 Å². The summed E-state index contributed by atoms with van der Waals surface area (Å²) < 4.78 is 59.4. The second kappa shape index (κ2) is 8.30. The van der Waals surface area contributed by atoms with Gasteiger partial charge in [0.1, 0.15) is 4.90 Å². The maximum atomic E-state index is 13.6. The van der Waals surface area contributed by atoms with E-state index in [0.29, 0.717) is 29.8 Å². The van der Waals surface area contributed by atoms with E-state index in [0.717, 1.165) is 0 Å². The average Bonchev–Trinajstić information content (AvgIpc) is 3.03. The van der Waals surface area contributed by atoms with Gasteiger partial charge in [-0.15, -0.1) is 4.40 Å². The van der Waals surface area contributed by atoms with Crippen molar-refractivity contribution in [3.05, 3.63) is 53.3 Å². The maximum absolute atomic E-state index is 13.6. The Morgan fingerprint density at radius 2 is 1.94 bits per heavy atom. The number of hydrogen-bond acceptors (Lipinski definition) is 7. The highest BCUT2D eigenvalue weighted by Crippen LogP contribution is 2.28. The highest BCUT2D eigenvalue weighted by atomic mass is 32.2. The molecule has 0 aliphatic carbocycles. The van der Waals surface area contributed by atoms with Gasteiger partial charge in [-0.1, -0.05) is 32.0 Å². The van der Waals surface area contributed by atoms with E-state index in [2.05, 4.69) is 9.50 Å². The number of benzene rings is 2. The monoisotopic (exact) mass is 459 g/mol. The Labute approximate surface area is 186 Å². The molecule has 0 amide bonds. The molecule has 8 nitrogen and oxygen atoms in total. The van der Waals surface area contributed by atoms with Crippen LogP contribution in [0.15, 0.2) is 50.8 Å². The molecular weight excluding hydrogens is 436 g/mol. The van der Waals surface area contributed by atoms with Crippen LogP contribution in [0.2, 0.25) is 0 Å². The zero-order valence-corrected chi connectivity index (χ0v) is 19.0. The summed E-state index contributed by atoms with van der Waals surface area (Å²) in [4.78, 5) is 0.0764. The van der Waals surface area contributed by atoms with E-state index in [9.17, 15) is 12.8 Å². The first-order valence-corrected chi connectivity index (χ1v) is 11.4. The van der Waals surface area contributed by atoms with Crippen molar-refractivity contribution < 1.29 is 26.9 Å². The summed E-state index contributed by atoms with van der Waals surface area (Å²) in [5.41, 5.74) is 1.54. The number of sulfonamides is 1. The highest BCUT2D eigenvalue weighted by Gasteiger charge is 2.37. The Morgan fingerprint density at radius 1 is 1.22 bits per heavy atom. The number of ether oxygens (including phenoxy) is 1. The van der Waals surface area contributed by atoms with Crippen LogP contribution in [-0.4, -0.2) is 60.0 Å². The minimum absolute atomic E-state index is 0.0764. The van der Waals surface area contributed by atoms with Crippen molar-refractivity contribution in [2.45, 2.75) is 18.7 Å². The molecule has 1 saturated heterocycles. The molecule has 0 bridgehead atoms. The van der Waals surface area contributed by atoms with Crippen molar-refractivity contribution in [2.75, 3.05) is 27.4 Å². The molecule has 0 N–H and O–H groups in total. The van der Waals surface area contributed by atoms with Gasteiger partial charge in [0, 0.05) is 31.2 Å². The van der Waals surface area contributed by atoms with Crippen LogP contribution in [0.5, 0.6) is 5.75 Å². The molecule has 32 heavy (non-hydrogen) atoms. The van der Waals surface area contributed by atoms with Crippen LogP contribution in [0.25, 0.3) is 0 Å². The molecule has 2 heterocycles. The van der Waals surface area contributed by atoms with E-state index in [1.54, 1.807) is 19.2 Å². The molecule has 0 unspecified atom stereocenters. The van der Waals surface area contributed by atoms with Gasteiger partial charge in [0.25, 0.3) is 10.0 Å². The summed E-state index contributed by atoms with van der Waals surface area (Å²) in [7, 11) is -1.56. The van der Waals surface area contributed by atoms with Gasteiger partial charge in [-0.05, 0) is 29.2 Å². The molecule has 4 rings (SSSR count). The number of hydrazone groups is 1. The summed E-state index contributed by atoms with van der Waals surface area (Å²) in [6.07, 6.45) is 1.47. The largest absolute Gasteiger partial charge is 0.494 e. The van der Waals surface area contributed by atoms with E-state index in [4.69, 9.17) is 14.0 Å². The van der Waals surface area contributed by atoms with Crippen LogP contribution in [-0.2, 0) is 19.3 Å². The summed E-state index contributed by atoms with van der Waals surface area (Å²) in [5, 5.41) is 5.62. The number of fused-ring (bicyclic) bond motifs is 1. The first kappa shape index (κ1) is 22.4. The van der Waals surface area contributed by atoms with Crippen molar-refractivity contribution in [3.8, 4) is 5.75 Å². The van der Waals surface area contributed by atoms with Gasteiger partial charge >= 0.3 is 7.12 Å². The smallest absolute Gasteiger partial charge is 0.493 e. The van der Waals surface area contributed by atoms with E-state index in [-0.39, 0.29) is 21.9 Å². The average molecular weight is 459 g/mol. The van der Waals surface area contributed by atoms with E-state index in [1.807, 2.05) is 13.8 Å². The standard InChI is InChI=1S/C21H23BFN3O5S/c1-21(2)12-30-22(31-13-21)15-6-7-16-19(10-15)32(27,28)25-20(16)26(3)24-11-14-5-8-17(23)18(9-14)29-4/h5-11H,12-13H2,1-4H3/b24-11+. The molecule has 2 aromatic carbocycles. The first-order chi connectivity index (χ1) is 15.1. The lowest BCUT2D eigenvalue weighted by molar-refractivity contribution is 0.0343. The highest BCUT2D eigenvalue weighted by molar-refractivity contribution is 7.90. The third kappa shape index (κ3) is 4.41. The van der Waals surface area contributed by atoms with Crippen LogP contribution in [0.3, 0.4) is 0 Å². The second-order valence-corrected chi connectivity index (χ2v) is 10.00. The first-order valence-electron chi connectivity index (χ1n) is 9.93. The van der Waals surface area contributed by atoms with Gasteiger partial charge in [-0.25, -0.2) is 9.40 Å². The Hall–Kier alpha value is -2.76. The van der Waals surface area contributed by atoms with Crippen LogP contribution < -0.4 is 10.2 Å². The number of amidine groups is 1. The van der Waals surface area contributed by atoms with Crippen LogP contribution in [0.1, 0.15) is 25.0 Å². The van der Waals surface area contributed by atoms with E-state index < -0.39 is 23.0 Å². The van der Waals surface area contributed by atoms with Crippen molar-refractivity contribution in [3.63, 3.8) is 0 Å². The van der Waals surface area contributed by atoms with Gasteiger partial charge in [0.15, 0.2) is 17.4 Å². The Bertz CT molecular complexity index is 1210. The third-order valence-electron chi connectivity index (χ3n) is 5.12. The van der Waals surface area contributed by atoms with Crippen molar-refractivity contribution in [2.24, 2.45) is 14.9 Å². The maximum Gasteiger partial charge on any atom is 0.493 e. The normalized spacial score (nSPS) is 19.0. The number of hydrogen-bond donors (Lipinski definition) is 0. The lowest BCUT2D eigenvalue weighted by atomic mass is 9.75. The van der Waals surface area contributed by atoms with Crippen molar-refractivity contribution in [1.29, 1.82) is 0 Å². The third-order valence-corrected chi connectivity index (χ3v) is 6.42. The molecule has 0 saturated carbocycles. The molecule has 0 spiro atoms. The molecule has 0 radical (unpaired) electrons. The van der Waals surface area contributed by atoms with Gasteiger partial charge < -0.3 is 14.0 Å². The SMILES string of the molecule is COc1cc(/C=N/N(C)C2=NS(=O)(=O)c3cc(B4OCC(C)(C)CO4)ccc32)ccc1F. The number of rotatable bonds is 4. The molecule has 0 aromatic heterocycles. The Balaban J connectivity index is 1.57. The predicted molar refractivity (Wildman–Crippen MR) is 120 cm³/mol. The van der Waals surface area contributed by atoms with Crippen LogP contribution in [0.4, 0.5) is 4.39 Å². The second-order valence-electron chi connectivity index (χ2n) is 8.43. The van der Waals surface area contributed by atoms with Gasteiger partial charge in [-0.3, -0.25) is 0 Å². The summed E-state index contributed by atoms with van der Waals surface area (Å²) >= 11 is 0. The molecule has 0 atom stereocenters. The zero-order chi connectivity index (χ0) is 23.1. The quantitative estimate of drug-likeness (QED) is 0.395. The fourth-order valence-electron chi connectivity index (χ4n) is 3.38. The van der Waals surface area contributed by atoms with Crippen molar-refractivity contribution in [1.82, 2.24) is 5.01 Å². The number of nitrogens with zero attached hydrogens (tertiary/aromatic N) is 3. The van der Waals surface area contributed by atoms with Gasteiger partial charge in [0.2, 0.25) is 0 Å². The number of halogens is 1. The molecular formula is C21H23BFN3O5S.